The second-order valence-corrected chi connectivity index (χ2v) is 12.3. The molecule has 14 heteroatoms. The topological polar surface area (TPSA) is 154 Å². The SMILES string of the molecule is [2H]C([2H])([2H])Oc1ccc2nc(SCc3ncc(C)c(OC)c3C)[nH]c2c1.[2H]C([2H])([2H])Oc1ccc2nc(SCc3ncc(C)c([N+](=O)[O-])c3C)[nH]c2c1. The van der Waals surface area contributed by atoms with Gasteiger partial charge in [-0.1, -0.05) is 23.5 Å². The van der Waals surface area contributed by atoms with E-state index in [4.69, 9.17) is 22.4 Å². The minimum atomic E-state index is -2.52. The number of nitrogens with one attached hydrogen (secondary N) is 2. The van der Waals surface area contributed by atoms with E-state index in [1.165, 1.54) is 29.7 Å². The molecule has 6 rings (SSSR count). The molecule has 2 N–H and O–H groups in total. The van der Waals surface area contributed by atoms with Gasteiger partial charge in [0.2, 0.25) is 0 Å². The fourth-order valence-electron chi connectivity index (χ4n) is 4.88. The molecule has 0 bridgehead atoms. The van der Waals surface area contributed by atoms with E-state index < -0.39 is 19.0 Å². The van der Waals surface area contributed by atoms with Gasteiger partial charge in [0, 0.05) is 58.3 Å². The molecule has 12 nitrogen and oxygen atoms in total. The zero-order chi connectivity index (χ0) is 38.7. The van der Waals surface area contributed by atoms with Gasteiger partial charge in [0.15, 0.2) is 10.3 Å². The first-order valence-corrected chi connectivity index (χ1v) is 16.1. The fourth-order valence-corrected chi connectivity index (χ4v) is 6.69. The third-order valence-electron chi connectivity index (χ3n) is 7.30. The summed E-state index contributed by atoms with van der Waals surface area (Å²) in [6, 6.07) is 9.74. The third kappa shape index (κ3) is 7.60. The minimum absolute atomic E-state index is 0.0802. The van der Waals surface area contributed by atoms with Crippen molar-refractivity contribution in [1.82, 2.24) is 29.9 Å². The average Bonchev–Trinajstić information content (AvgIpc) is 3.66. The number of imidazole rings is 2. The van der Waals surface area contributed by atoms with E-state index in [-0.39, 0.29) is 17.2 Å². The molecular weight excluding hydrogens is 639 g/mol. The monoisotopic (exact) mass is 679 g/mol. The first kappa shape index (κ1) is 26.3. The Morgan fingerprint density at radius 2 is 1.30 bits per heavy atom. The molecule has 0 fully saturated rings. The second kappa shape index (κ2) is 14.7. The number of rotatable bonds is 10. The van der Waals surface area contributed by atoms with Crippen molar-refractivity contribution in [2.75, 3.05) is 21.2 Å². The summed E-state index contributed by atoms with van der Waals surface area (Å²) >= 11 is 2.88. The predicted octanol–water partition coefficient (Wildman–Crippen LogP) is 7.67. The van der Waals surface area contributed by atoms with Crippen molar-refractivity contribution in [2.24, 2.45) is 0 Å². The van der Waals surface area contributed by atoms with E-state index in [0.29, 0.717) is 44.5 Å². The number of H-pyrrole nitrogens is 2. The highest BCUT2D eigenvalue weighted by atomic mass is 32.2. The Balaban J connectivity index is 0.000000204. The molecule has 0 unspecified atom stereocenters. The molecule has 0 saturated heterocycles. The fraction of sp³-hybridized carbons (Fsp3) is 0.273. The summed E-state index contributed by atoms with van der Waals surface area (Å²) in [5.74, 6) is 2.39. The van der Waals surface area contributed by atoms with Gasteiger partial charge in [-0.3, -0.25) is 20.1 Å². The number of benzene rings is 2. The molecular formula is C33H35N7O5S2. The molecule has 0 spiro atoms. The van der Waals surface area contributed by atoms with Gasteiger partial charge in [0.25, 0.3) is 5.69 Å². The summed E-state index contributed by atoms with van der Waals surface area (Å²) < 4.78 is 58.2. The quantitative estimate of drug-likeness (QED) is 0.0833. The molecule has 0 aliphatic rings. The number of nitro groups is 1. The van der Waals surface area contributed by atoms with Crippen LogP contribution in [0.2, 0.25) is 0 Å². The summed E-state index contributed by atoms with van der Waals surface area (Å²) in [5.41, 5.74) is 7.48. The molecule has 0 amide bonds. The number of hydrogen-bond donors (Lipinski definition) is 2. The lowest BCUT2D eigenvalue weighted by Gasteiger charge is -2.11. The minimum Gasteiger partial charge on any atom is -0.497 e. The van der Waals surface area contributed by atoms with Crippen LogP contribution in [-0.2, 0) is 11.5 Å². The maximum absolute atomic E-state index is 11.2. The highest BCUT2D eigenvalue weighted by Gasteiger charge is 2.19. The predicted molar refractivity (Wildman–Crippen MR) is 185 cm³/mol. The summed E-state index contributed by atoms with van der Waals surface area (Å²) in [5, 5.41) is 12.5. The van der Waals surface area contributed by atoms with Crippen LogP contribution in [0.5, 0.6) is 17.2 Å². The molecule has 0 aliphatic heterocycles. The zero-order valence-corrected chi connectivity index (χ0v) is 27.8. The molecule has 0 atom stereocenters. The third-order valence-corrected chi connectivity index (χ3v) is 9.07. The van der Waals surface area contributed by atoms with Crippen molar-refractivity contribution in [3.8, 4) is 17.2 Å². The van der Waals surface area contributed by atoms with Crippen molar-refractivity contribution in [3.05, 3.63) is 92.5 Å². The van der Waals surface area contributed by atoms with Gasteiger partial charge >= 0.3 is 0 Å². The number of aromatic amines is 2. The van der Waals surface area contributed by atoms with Gasteiger partial charge in [-0.2, -0.15) is 0 Å². The molecule has 2 aromatic carbocycles. The van der Waals surface area contributed by atoms with Gasteiger partial charge < -0.3 is 24.2 Å². The van der Waals surface area contributed by atoms with Crippen molar-refractivity contribution < 1.29 is 27.4 Å². The number of pyridine rings is 2. The van der Waals surface area contributed by atoms with Crippen LogP contribution in [-0.4, -0.2) is 56.0 Å². The standard InChI is InChI=1S/C17H19N3O2S.C16H16N4O3S/c1-10-8-18-15(11(2)16(10)22-4)9-23-17-19-13-6-5-12(21-3)7-14(13)20-17;1-9-7-17-14(10(2)15(9)20(21)22)8-24-16-18-12-5-4-11(23-3)6-13(12)19-16/h5-8H,9H2,1-4H3,(H,19,20);4-7H,8H2,1-3H3,(H,18,19)/i2*3D3. The number of fused-ring (bicyclic) bond motifs is 2. The lowest BCUT2D eigenvalue weighted by molar-refractivity contribution is -0.386. The van der Waals surface area contributed by atoms with Crippen LogP contribution in [0.1, 0.15) is 41.9 Å². The van der Waals surface area contributed by atoms with Crippen molar-refractivity contribution >= 4 is 51.3 Å². The van der Waals surface area contributed by atoms with Crippen molar-refractivity contribution in [3.63, 3.8) is 0 Å². The van der Waals surface area contributed by atoms with Gasteiger partial charge in [0.05, 0.1) is 67.8 Å². The maximum Gasteiger partial charge on any atom is 0.278 e. The smallest absolute Gasteiger partial charge is 0.278 e. The van der Waals surface area contributed by atoms with Gasteiger partial charge in [-0.05, 0) is 52.0 Å². The molecule has 0 aliphatic carbocycles. The summed E-state index contributed by atoms with van der Waals surface area (Å²) in [4.78, 5) is 34.8. The van der Waals surface area contributed by atoms with E-state index in [0.717, 1.165) is 38.8 Å². The highest BCUT2D eigenvalue weighted by Crippen LogP contribution is 2.31. The number of ether oxygens (including phenoxy) is 3. The van der Waals surface area contributed by atoms with E-state index >= 15 is 0 Å². The van der Waals surface area contributed by atoms with Gasteiger partial charge in [-0.25, -0.2) is 9.97 Å². The van der Waals surface area contributed by atoms with Crippen LogP contribution in [0.3, 0.4) is 0 Å². The summed E-state index contributed by atoms with van der Waals surface area (Å²) in [6.45, 7) is 7.30. The van der Waals surface area contributed by atoms with E-state index in [1.807, 2.05) is 13.8 Å². The van der Waals surface area contributed by atoms with Gasteiger partial charge in [0.1, 0.15) is 17.2 Å². The molecule has 6 aromatic rings. The highest BCUT2D eigenvalue weighted by molar-refractivity contribution is 7.98. The van der Waals surface area contributed by atoms with Crippen molar-refractivity contribution in [2.45, 2.75) is 49.5 Å². The van der Waals surface area contributed by atoms with Crippen LogP contribution in [0, 0.1) is 37.8 Å². The van der Waals surface area contributed by atoms with Gasteiger partial charge in [-0.15, -0.1) is 0 Å². The number of aryl methyl sites for hydroxylation is 2. The molecule has 244 valence electrons. The lowest BCUT2D eigenvalue weighted by atomic mass is 10.1. The van der Waals surface area contributed by atoms with E-state index in [9.17, 15) is 10.1 Å². The Kier molecular flexibility index (Phi) is 8.23. The number of hydrogen-bond acceptors (Lipinski definition) is 11. The first-order valence-electron chi connectivity index (χ1n) is 17.1. The molecule has 4 aromatic heterocycles. The molecule has 47 heavy (non-hydrogen) atoms. The number of methoxy groups -OCH3 is 3. The molecule has 0 saturated carbocycles. The Hall–Kier alpha value is -4.82. The largest absolute Gasteiger partial charge is 0.497 e. The number of aromatic nitrogens is 6. The Morgan fingerprint density at radius 3 is 1.79 bits per heavy atom. The normalized spacial score (nSPS) is 13.4. The van der Waals surface area contributed by atoms with E-state index in [1.54, 1.807) is 63.6 Å². The van der Waals surface area contributed by atoms with Crippen LogP contribution >= 0.6 is 23.5 Å². The Morgan fingerprint density at radius 1 is 0.787 bits per heavy atom. The maximum atomic E-state index is 11.2. The zero-order valence-electron chi connectivity index (χ0n) is 32.1. The lowest BCUT2D eigenvalue weighted by Crippen LogP contribution is -2.01. The second-order valence-electron chi connectivity index (χ2n) is 10.4. The summed E-state index contributed by atoms with van der Waals surface area (Å²) in [7, 11) is -3.34. The molecule has 4 heterocycles. The average molecular weight is 680 g/mol. The first-order chi connectivity index (χ1) is 24.9. The van der Waals surface area contributed by atoms with Crippen LogP contribution in [0.15, 0.2) is 59.1 Å². The van der Waals surface area contributed by atoms with E-state index in [2.05, 4.69) is 29.9 Å². The Bertz CT molecular complexity index is 2280. The van der Waals surface area contributed by atoms with Crippen molar-refractivity contribution in [1.29, 1.82) is 0 Å². The summed E-state index contributed by atoms with van der Waals surface area (Å²) in [6.07, 6.45) is 3.30. The van der Waals surface area contributed by atoms with Crippen LogP contribution in [0.25, 0.3) is 22.1 Å². The van der Waals surface area contributed by atoms with Crippen LogP contribution in [0.4, 0.5) is 5.69 Å². The number of thioether (sulfide) groups is 2. The Labute approximate surface area is 288 Å². The molecule has 0 radical (unpaired) electrons. The number of nitrogens with zero attached hydrogens (tertiary/aromatic N) is 5. The van der Waals surface area contributed by atoms with Crippen LogP contribution < -0.4 is 14.2 Å².